The summed E-state index contributed by atoms with van der Waals surface area (Å²) in [5.74, 6) is -1.00. The predicted molar refractivity (Wildman–Crippen MR) is 139 cm³/mol. The molecule has 38 heavy (non-hydrogen) atoms. The third-order valence-corrected chi connectivity index (χ3v) is 8.53. The van der Waals surface area contributed by atoms with Gasteiger partial charge in [0.15, 0.2) is 5.75 Å². The zero-order valence-corrected chi connectivity index (χ0v) is 21.8. The molecule has 11 heteroatoms. The Morgan fingerprint density at radius 2 is 2.18 bits per heavy atom. The number of piperazine rings is 1. The van der Waals surface area contributed by atoms with E-state index < -0.39 is 11.9 Å². The first kappa shape index (κ1) is 26.0. The van der Waals surface area contributed by atoms with Crippen LogP contribution in [0.3, 0.4) is 0 Å². The van der Waals surface area contributed by atoms with Crippen molar-refractivity contribution in [2.75, 3.05) is 45.6 Å². The number of rotatable bonds is 5. The Labute approximate surface area is 224 Å². The van der Waals surface area contributed by atoms with Gasteiger partial charge in [0.05, 0.1) is 17.3 Å². The van der Waals surface area contributed by atoms with Crippen LogP contribution >= 0.6 is 11.8 Å². The number of hydrogen-bond donors (Lipinski definition) is 1. The van der Waals surface area contributed by atoms with E-state index in [0.717, 1.165) is 19.4 Å². The van der Waals surface area contributed by atoms with Crippen molar-refractivity contribution in [2.45, 2.75) is 30.0 Å². The maximum absolute atomic E-state index is 15.0. The minimum atomic E-state index is -0.739. The van der Waals surface area contributed by atoms with Crippen LogP contribution < -0.4 is 4.74 Å². The minimum absolute atomic E-state index is 0.0310. The fraction of sp³-hybridized carbons (Fsp3) is 0.407. The number of ether oxygens (including phenoxy) is 1. The lowest BCUT2D eigenvalue weighted by Crippen LogP contribution is -2.57. The molecule has 2 amide bonds. The molecule has 2 atom stereocenters. The Morgan fingerprint density at radius 3 is 2.87 bits per heavy atom. The summed E-state index contributed by atoms with van der Waals surface area (Å²) in [6, 6.07) is 5.75. The van der Waals surface area contributed by atoms with Gasteiger partial charge in [0.2, 0.25) is 5.91 Å². The average molecular weight is 538 g/mol. The average Bonchev–Trinajstić information content (AvgIpc) is 3.27. The first-order chi connectivity index (χ1) is 18.3. The van der Waals surface area contributed by atoms with Crippen molar-refractivity contribution in [3.8, 4) is 28.8 Å². The fourth-order valence-corrected chi connectivity index (χ4v) is 6.55. The number of thioether (sulfide) groups is 1. The highest BCUT2D eigenvalue weighted by Crippen LogP contribution is 2.43. The molecule has 0 aliphatic carbocycles. The topological polar surface area (TPSA) is 110 Å². The van der Waals surface area contributed by atoms with Crippen LogP contribution in [0.2, 0.25) is 0 Å². The van der Waals surface area contributed by atoms with Gasteiger partial charge in [0, 0.05) is 31.4 Å². The lowest BCUT2D eigenvalue weighted by atomic mass is 10.0. The SMILES string of the molecule is C=CC(=O)N1CCN2C(=O)c3c(SCC4CCCN4C)nc(-c4c(O)cccc4F)c(C#N)c3OC[C@H]2C1. The zero-order chi connectivity index (χ0) is 27.0. The molecular formula is C27H28FN5O4S. The van der Waals surface area contributed by atoms with E-state index in [9.17, 15) is 24.3 Å². The van der Waals surface area contributed by atoms with Crippen molar-refractivity contribution in [1.82, 2.24) is 19.7 Å². The molecule has 5 rings (SSSR count). The lowest BCUT2D eigenvalue weighted by Gasteiger charge is -2.39. The van der Waals surface area contributed by atoms with Crippen LogP contribution in [0.5, 0.6) is 11.5 Å². The van der Waals surface area contributed by atoms with E-state index >= 15 is 0 Å². The number of nitrogens with zero attached hydrogens (tertiary/aromatic N) is 5. The van der Waals surface area contributed by atoms with Gasteiger partial charge in [-0.3, -0.25) is 9.59 Å². The highest BCUT2D eigenvalue weighted by Gasteiger charge is 2.40. The summed E-state index contributed by atoms with van der Waals surface area (Å²) in [6.45, 7) is 5.46. The number of aromatic nitrogens is 1. The summed E-state index contributed by atoms with van der Waals surface area (Å²) >= 11 is 1.37. The molecule has 2 saturated heterocycles. The van der Waals surface area contributed by atoms with E-state index in [1.165, 1.54) is 36.0 Å². The highest BCUT2D eigenvalue weighted by molar-refractivity contribution is 7.99. The van der Waals surface area contributed by atoms with Crippen molar-refractivity contribution in [3.05, 3.63) is 47.8 Å². The van der Waals surface area contributed by atoms with Crippen LogP contribution in [0.25, 0.3) is 11.3 Å². The molecule has 9 nitrogen and oxygen atoms in total. The van der Waals surface area contributed by atoms with Crippen LogP contribution in [0.4, 0.5) is 4.39 Å². The predicted octanol–water partition coefficient (Wildman–Crippen LogP) is 2.88. The number of halogens is 1. The quantitative estimate of drug-likeness (QED) is 0.458. The van der Waals surface area contributed by atoms with E-state index in [2.05, 4.69) is 23.5 Å². The molecule has 0 radical (unpaired) electrons. The summed E-state index contributed by atoms with van der Waals surface area (Å²) in [6.07, 6.45) is 3.32. The second kappa shape index (κ2) is 10.6. The Balaban J connectivity index is 1.62. The van der Waals surface area contributed by atoms with Crippen molar-refractivity contribution in [1.29, 1.82) is 5.26 Å². The summed E-state index contributed by atoms with van der Waals surface area (Å²) in [5.41, 5.74) is -0.236. The van der Waals surface area contributed by atoms with E-state index in [1.807, 2.05) is 6.07 Å². The number of likely N-dealkylation sites (tertiary alicyclic amines) is 1. The van der Waals surface area contributed by atoms with Gasteiger partial charge >= 0.3 is 0 Å². The van der Waals surface area contributed by atoms with Gasteiger partial charge in [-0.15, -0.1) is 11.8 Å². The van der Waals surface area contributed by atoms with E-state index in [1.54, 1.807) is 9.80 Å². The van der Waals surface area contributed by atoms with Crippen molar-refractivity contribution in [3.63, 3.8) is 0 Å². The first-order valence-electron chi connectivity index (χ1n) is 12.5. The van der Waals surface area contributed by atoms with Crippen LogP contribution in [0.15, 0.2) is 35.9 Å². The number of carbonyl (C=O) groups excluding carboxylic acids is 2. The van der Waals surface area contributed by atoms with Gasteiger partial charge in [-0.05, 0) is 44.6 Å². The first-order valence-corrected chi connectivity index (χ1v) is 13.5. The summed E-state index contributed by atoms with van der Waals surface area (Å²) < 4.78 is 21.1. The molecule has 0 bridgehead atoms. The number of phenols is 1. The van der Waals surface area contributed by atoms with Crippen LogP contribution in [0, 0.1) is 17.1 Å². The number of fused-ring (bicyclic) bond motifs is 2. The molecule has 1 aromatic carbocycles. The fourth-order valence-electron chi connectivity index (χ4n) is 5.29. The Bertz CT molecular complexity index is 1330. The van der Waals surface area contributed by atoms with E-state index in [0.29, 0.717) is 23.9 Å². The van der Waals surface area contributed by atoms with Gasteiger partial charge in [-0.2, -0.15) is 5.26 Å². The zero-order valence-electron chi connectivity index (χ0n) is 21.0. The molecule has 1 unspecified atom stereocenters. The number of pyridine rings is 1. The molecule has 1 N–H and O–H groups in total. The largest absolute Gasteiger partial charge is 0.507 e. The number of amides is 2. The van der Waals surface area contributed by atoms with Crippen molar-refractivity contribution < 1.29 is 23.8 Å². The highest BCUT2D eigenvalue weighted by atomic mass is 32.2. The molecule has 3 aliphatic rings. The molecule has 2 aromatic rings. The van der Waals surface area contributed by atoms with Gasteiger partial charge in [0.1, 0.15) is 40.4 Å². The lowest BCUT2D eigenvalue weighted by molar-refractivity contribution is -0.128. The summed E-state index contributed by atoms with van der Waals surface area (Å²) in [5, 5.41) is 21.0. The maximum Gasteiger partial charge on any atom is 0.260 e. The number of benzene rings is 1. The van der Waals surface area contributed by atoms with Crippen molar-refractivity contribution >= 4 is 23.6 Å². The molecule has 0 spiro atoms. The van der Waals surface area contributed by atoms with E-state index in [-0.39, 0.29) is 64.9 Å². The number of aromatic hydroxyl groups is 1. The van der Waals surface area contributed by atoms with Gasteiger partial charge in [0.25, 0.3) is 5.91 Å². The van der Waals surface area contributed by atoms with Gasteiger partial charge < -0.3 is 24.5 Å². The van der Waals surface area contributed by atoms with Crippen LogP contribution in [-0.4, -0.2) is 94.3 Å². The van der Waals surface area contributed by atoms with Crippen molar-refractivity contribution in [2.24, 2.45) is 0 Å². The van der Waals surface area contributed by atoms with Crippen LogP contribution in [0.1, 0.15) is 28.8 Å². The van der Waals surface area contributed by atoms with Gasteiger partial charge in [-0.1, -0.05) is 12.6 Å². The summed E-state index contributed by atoms with van der Waals surface area (Å²) in [7, 11) is 2.05. The molecule has 4 heterocycles. The molecule has 3 aliphatic heterocycles. The molecular weight excluding hydrogens is 509 g/mol. The smallest absolute Gasteiger partial charge is 0.260 e. The number of hydrogen-bond acceptors (Lipinski definition) is 8. The third-order valence-electron chi connectivity index (χ3n) is 7.41. The second-order valence-electron chi connectivity index (χ2n) is 9.63. The molecule has 198 valence electrons. The second-order valence-corrected chi connectivity index (χ2v) is 10.6. The third kappa shape index (κ3) is 4.59. The number of carbonyl (C=O) groups is 2. The number of phenolic OH excluding ortho intramolecular Hbond substituents is 1. The molecule has 1 aromatic heterocycles. The maximum atomic E-state index is 15.0. The normalized spacial score (nSPS) is 21.2. The standard InChI is InChI=1S/C27H28FN5O4S/c1-3-21(35)32-10-11-33-17(13-32)14-37-25-18(12-29)24(22-19(28)7-4-8-20(22)34)30-26(23(25)27(33)36)38-15-16-6-5-9-31(16)2/h3-4,7-8,16-17,34H,1,5-6,9-11,13-15H2,2H3/t16?,17-/m1/s1. The monoisotopic (exact) mass is 537 g/mol. The minimum Gasteiger partial charge on any atom is -0.507 e. The Hall–Kier alpha value is -3.62. The number of nitriles is 1. The Kier molecular flexibility index (Phi) is 7.27. The van der Waals surface area contributed by atoms with E-state index in [4.69, 9.17) is 4.74 Å². The van der Waals surface area contributed by atoms with Gasteiger partial charge in [-0.25, -0.2) is 9.37 Å². The molecule has 0 saturated carbocycles. The Morgan fingerprint density at radius 1 is 1.37 bits per heavy atom. The summed E-state index contributed by atoms with van der Waals surface area (Å²) in [4.78, 5) is 36.4. The van der Waals surface area contributed by atoms with Crippen LogP contribution in [-0.2, 0) is 4.79 Å². The molecule has 2 fully saturated rings.